The minimum Gasteiger partial charge on any atom is -0.490 e. The summed E-state index contributed by atoms with van der Waals surface area (Å²) in [6.45, 7) is 5.76. The average molecular weight is 513 g/mol. The number of nitrogens with one attached hydrogen (secondary N) is 1. The SMILES string of the molecule is Cc1cccc(OCCOc2ccc(C=C(C#N)C(=O)Nc3nc(S(=O)(=O)C(C)C)ns3)cc2)c1. The molecule has 1 aromatic heterocycles. The van der Waals surface area contributed by atoms with Gasteiger partial charge in [0.15, 0.2) is 0 Å². The van der Waals surface area contributed by atoms with Gasteiger partial charge in [-0.2, -0.15) is 14.6 Å². The minimum atomic E-state index is -3.66. The molecule has 0 radical (unpaired) electrons. The molecular formula is C24H24N4O5S2. The standard InChI is InChI=1S/C24H24N4O5S2/c1-16(2)35(30,31)24-27-23(34-28-24)26-22(29)19(15-25)14-18-7-9-20(10-8-18)32-11-12-33-21-6-4-5-17(3)13-21/h4-10,13-14,16H,11-12H2,1-3H3,(H,26,27,28,29). The van der Waals surface area contributed by atoms with Gasteiger partial charge in [-0.05, 0) is 62.2 Å². The van der Waals surface area contributed by atoms with Gasteiger partial charge >= 0.3 is 0 Å². The number of sulfone groups is 1. The largest absolute Gasteiger partial charge is 0.490 e. The van der Waals surface area contributed by atoms with E-state index in [1.54, 1.807) is 24.3 Å². The van der Waals surface area contributed by atoms with Gasteiger partial charge < -0.3 is 9.47 Å². The number of nitrogens with zero attached hydrogens (tertiary/aromatic N) is 3. The normalized spacial score (nSPS) is 11.7. The predicted molar refractivity (Wildman–Crippen MR) is 133 cm³/mol. The average Bonchev–Trinajstić information content (AvgIpc) is 3.30. The van der Waals surface area contributed by atoms with E-state index < -0.39 is 21.0 Å². The van der Waals surface area contributed by atoms with Crippen molar-refractivity contribution < 1.29 is 22.7 Å². The van der Waals surface area contributed by atoms with Crippen molar-refractivity contribution in [2.75, 3.05) is 18.5 Å². The zero-order valence-corrected chi connectivity index (χ0v) is 21.0. The van der Waals surface area contributed by atoms with Crippen LogP contribution in [0.5, 0.6) is 11.5 Å². The lowest BCUT2D eigenvalue weighted by molar-refractivity contribution is -0.112. The molecule has 9 nitrogen and oxygen atoms in total. The van der Waals surface area contributed by atoms with Crippen molar-refractivity contribution in [2.45, 2.75) is 31.2 Å². The fourth-order valence-corrected chi connectivity index (χ4v) is 4.45. The van der Waals surface area contributed by atoms with E-state index in [-0.39, 0.29) is 15.9 Å². The molecule has 0 unspecified atom stereocenters. The number of benzene rings is 2. The van der Waals surface area contributed by atoms with Gasteiger partial charge in [0.1, 0.15) is 36.4 Å². The lowest BCUT2D eigenvalue weighted by Gasteiger charge is -2.09. The van der Waals surface area contributed by atoms with Crippen LogP contribution < -0.4 is 14.8 Å². The molecule has 1 amide bonds. The first-order valence-corrected chi connectivity index (χ1v) is 12.9. The summed E-state index contributed by atoms with van der Waals surface area (Å²) in [6.07, 6.45) is 1.41. The number of ether oxygens (including phenoxy) is 2. The van der Waals surface area contributed by atoms with Crippen molar-refractivity contribution in [3.05, 3.63) is 65.2 Å². The first kappa shape index (κ1) is 25.9. The Labute approximate surface area is 208 Å². The van der Waals surface area contributed by atoms with Gasteiger partial charge in [0.05, 0.1) is 5.25 Å². The maximum absolute atomic E-state index is 12.5. The summed E-state index contributed by atoms with van der Waals surface area (Å²) in [5.41, 5.74) is 1.55. The van der Waals surface area contributed by atoms with Gasteiger partial charge in [0.2, 0.25) is 15.0 Å². The second-order valence-electron chi connectivity index (χ2n) is 7.68. The van der Waals surface area contributed by atoms with Crippen molar-refractivity contribution in [3.8, 4) is 17.6 Å². The van der Waals surface area contributed by atoms with Gasteiger partial charge in [-0.3, -0.25) is 10.1 Å². The third-order valence-corrected chi connectivity index (χ3v) is 7.35. The molecule has 35 heavy (non-hydrogen) atoms. The number of anilines is 1. The van der Waals surface area contributed by atoms with E-state index in [0.29, 0.717) is 24.5 Å². The maximum atomic E-state index is 12.5. The van der Waals surface area contributed by atoms with Crippen LogP contribution in [0.2, 0.25) is 0 Å². The van der Waals surface area contributed by atoms with Crippen LogP contribution in [-0.2, 0) is 14.6 Å². The molecule has 11 heteroatoms. The molecule has 0 saturated heterocycles. The van der Waals surface area contributed by atoms with Crippen molar-refractivity contribution in [1.29, 1.82) is 5.26 Å². The molecule has 0 spiro atoms. The van der Waals surface area contributed by atoms with E-state index >= 15 is 0 Å². The molecule has 182 valence electrons. The van der Waals surface area contributed by atoms with E-state index in [4.69, 9.17) is 9.47 Å². The van der Waals surface area contributed by atoms with Crippen molar-refractivity contribution >= 4 is 38.5 Å². The van der Waals surface area contributed by atoms with E-state index in [1.807, 2.05) is 37.3 Å². The van der Waals surface area contributed by atoms with E-state index in [9.17, 15) is 18.5 Å². The van der Waals surface area contributed by atoms with Crippen molar-refractivity contribution in [2.24, 2.45) is 0 Å². The van der Waals surface area contributed by atoms with Gasteiger partial charge in [-0.15, -0.1) is 0 Å². The van der Waals surface area contributed by atoms with E-state index in [2.05, 4.69) is 14.7 Å². The molecule has 0 bridgehead atoms. The van der Waals surface area contributed by atoms with E-state index in [1.165, 1.54) is 19.9 Å². The number of hydrogen-bond acceptors (Lipinski definition) is 9. The Morgan fingerprint density at radius 3 is 2.46 bits per heavy atom. The van der Waals surface area contributed by atoms with E-state index in [0.717, 1.165) is 22.8 Å². The number of amides is 1. The fraction of sp³-hybridized carbons (Fsp3) is 0.250. The first-order chi connectivity index (χ1) is 16.7. The highest BCUT2D eigenvalue weighted by Gasteiger charge is 2.25. The summed E-state index contributed by atoms with van der Waals surface area (Å²) in [5.74, 6) is 0.680. The summed E-state index contributed by atoms with van der Waals surface area (Å²) in [4.78, 5) is 16.3. The molecule has 3 aromatic rings. The topological polar surface area (TPSA) is 131 Å². The Morgan fingerprint density at radius 1 is 1.14 bits per heavy atom. The molecule has 0 aliphatic rings. The molecule has 2 aromatic carbocycles. The number of nitriles is 1. The molecule has 3 rings (SSSR count). The number of aryl methyl sites for hydroxylation is 1. The first-order valence-electron chi connectivity index (χ1n) is 10.6. The molecule has 0 aliphatic heterocycles. The minimum absolute atomic E-state index is 0.00740. The summed E-state index contributed by atoms with van der Waals surface area (Å²) < 4.78 is 39.4. The Kier molecular flexibility index (Phi) is 8.57. The number of hydrogen-bond donors (Lipinski definition) is 1. The highest BCUT2D eigenvalue weighted by Crippen LogP contribution is 2.20. The second-order valence-corrected chi connectivity index (χ2v) is 10.8. The monoisotopic (exact) mass is 512 g/mol. The summed E-state index contributed by atoms with van der Waals surface area (Å²) in [5, 5.41) is 10.8. The predicted octanol–water partition coefficient (Wildman–Crippen LogP) is 4.03. The lowest BCUT2D eigenvalue weighted by Crippen LogP contribution is -2.16. The van der Waals surface area contributed by atoms with Crippen LogP contribution in [0.3, 0.4) is 0 Å². The van der Waals surface area contributed by atoms with Crippen molar-refractivity contribution in [3.63, 3.8) is 0 Å². The molecular weight excluding hydrogens is 488 g/mol. The number of aromatic nitrogens is 2. The molecule has 0 saturated carbocycles. The third-order valence-electron chi connectivity index (χ3n) is 4.67. The number of rotatable bonds is 10. The van der Waals surface area contributed by atoms with Crippen molar-refractivity contribution in [1.82, 2.24) is 9.36 Å². The summed E-state index contributed by atoms with van der Waals surface area (Å²) >= 11 is 0.731. The molecule has 1 N–H and O–H groups in total. The summed E-state index contributed by atoms with van der Waals surface area (Å²) in [6, 6.07) is 16.4. The Bertz CT molecular complexity index is 1360. The quantitative estimate of drug-likeness (QED) is 0.245. The van der Waals surface area contributed by atoms with Crippen LogP contribution in [0.15, 0.2) is 59.3 Å². The second kappa shape index (κ2) is 11.6. The molecule has 0 aliphatic carbocycles. The van der Waals surface area contributed by atoms with Gasteiger partial charge in [-0.25, -0.2) is 8.42 Å². The summed E-state index contributed by atoms with van der Waals surface area (Å²) in [7, 11) is -3.66. The smallest absolute Gasteiger partial charge is 0.268 e. The molecule has 1 heterocycles. The fourth-order valence-electron chi connectivity index (χ4n) is 2.75. The van der Waals surface area contributed by atoms with Gasteiger partial charge in [-0.1, -0.05) is 24.3 Å². The van der Waals surface area contributed by atoms with Crippen LogP contribution >= 0.6 is 11.5 Å². The highest BCUT2D eigenvalue weighted by atomic mass is 32.2. The Hall–Kier alpha value is -3.75. The Balaban J connectivity index is 1.56. The number of carbonyl (C=O) groups excluding carboxylic acids is 1. The van der Waals surface area contributed by atoms with Crippen LogP contribution in [0.4, 0.5) is 5.13 Å². The zero-order chi connectivity index (χ0) is 25.4. The van der Waals surface area contributed by atoms with Gasteiger partial charge in [0, 0.05) is 11.5 Å². The molecule has 0 fully saturated rings. The van der Waals surface area contributed by atoms with Crippen LogP contribution in [0.1, 0.15) is 25.0 Å². The Morgan fingerprint density at radius 2 is 1.83 bits per heavy atom. The highest BCUT2D eigenvalue weighted by molar-refractivity contribution is 7.91. The van der Waals surface area contributed by atoms with Crippen LogP contribution in [0.25, 0.3) is 6.08 Å². The zero-order valence-electron chi connectivity index (χ0n) is 19.4. The number of carbonyl (C=O) groups is 1. The van der Waals surface area contributed by atoms with Crippen LogP contribution in [0, 0.1) is 18.3 Å². The van der Waals surface area contributed by atoms with Gasteiger partial charge in [0.25, 0.3) is 11.1 Å². The van der Waals surface area contributed by atoms with Crippen LogP contribution in [-0.4, -0.2) is 42.1 Å². The lowest BCUT2D eigenvalue weighted by atomic mass is 10.1. The molecule has 0 atom stereocenters. The third kappa shape index (κ3) is 7.11. The maximum Gasteiger partial charge on any atom is 0.268 e.